The standard InChI is InChI=1S/C49H30N4S/c1-4-14-32(15-5-1)47-50-48(33-16-6-2-7-17-33)52-49(51-47)40-27-26-38(36-22-10-11-23-37(36)40)39-24-13-25-42-44(39)41-30-34-19-12-18-31-28-29-53(35-20-8-3-9-21-35)45(43(31)34)46(41)54-42/h1-30H. The first-order valence-corrected chi connectivity index (χ1v) is 18.9. The minimum Gasteiger partial charge on any atom is -0.315 e. The van der Waals surface area contributed by atoms with Crippen LogP contribution in [-0.2, 0) is 0 Å². The smallest absolute Gasteiger partial charge is 0.164 e. The summed E-state index contributed by atoms with van der Waals surface area (Å²) in [5.74, 6) is 1.96. The lowest BCUT2D eigenvalue weighted by Crippen LogP contribution is -2.11. The number of para-hydroxylation sites is 1. The Bertz CT molecular complexity index is 3040. The number of benzene rings is 8. The molecule has 5 heteroatoms. The Labute approximate surface area is 316 Å². The Hall–Kier alpha value is -6.95. The van der Waals surface area contributed by atoms with E-state index in [-0.39, 0.29) is 0 Å². The molecule has 252 valence electrons. The van der Waals surface area contributed by atoms with E-state index < -0.39 is 0 Å². The van der Waals surface area contributed by atoms with Crippen LogP contribution in [0.2, 0.25) is 0 Å². The molecule has 0 radical (unpaired) electrons. The van der Waals surface area contributed by atoms with E-state index in [9.17, 15) is 0 Å². The molecule has 0 saturated carbocycles. The summed E-state index contributed by atoms with van der Waals surface area (Å²) in [6.07, 6.45) is 4.45. The van der Waals surface area contributed by atoms with Gasteiger partial charge in [0.1, 0.15) is 0 Å². The van der Waals surface area contributed by atoms with Crippen LogP contribution in [0.25, 0.3) is 93.1 Å². The average molecular weight is 707 g/mol. The topological polar surface area (TPSA) is 41.9 Å². The van der Waals surface area contributed by atoms with Crippen molar-refractivity contribution in [2.24, 2.45) is 0 Å². The summed E-state index contributed by atoms with van der Waals surface area (Å²) < 4.78 is 2.56. The van der Waals surface area contributed by atoms with E-state index in [0.29, 0.717) is 17.5 Å². The first-order chi connectivity index (χ1) is 26.8. The molecule has 0 atom stereocenters. The van der Waals surface area contributed by atoms with Gasteiger partial charge < -0.3 is 4.90 Å². The van der Waals surface area contributed by atoms with Gasteiger partial charge in [-0.25, -0.2) is 15.0 Å². The molecule has 0 spiro atoms. The lowest BCUT2D eigenvalue weighted by molar-refractivity contribution is 1.08. The molecule has 0 aliphatic carbocycles. The maximum Gasteiger partial charge on any atom is 0.164 e. The van der Waals surface area contributed by atoms with Gasteiger partial charge in [-0.05, 0) is 69.3 Å². The minimum absolute atomic E-state index is 0.653. The van der Waals surface area contributed by atoms with Crippen LogP contribution in [0.15, 0.2) is 176 Å². The van der Waals surface area contributed by atoms with E-state index in [4.69, 9.17) is 15.0 Å². The number of anilines is 2. The van der Waals surface area contributed by atoms with Crippen molar-refractivity contribution >= 4 is 70.5 Å². The Balaban J connectivity index is 1.14. The fourth-order valence-corrected chi connectivity index (χ4v) is 9.28. The Morgan fingerprint density at radius 2 is 1.06 bits per heavy atom. The van der Waals surface area contributed by atoms with E-state index >= 15 is 0 Å². The van der Waals surface area contributed by atoms with Gasteiger partial charge in [-0.3, -0.25) is 0 Å². The Kier molecular flexibility index (Phi) is 7.00. The molecule has 2 aromatic heterocycles. The van der Waals surface area contributed by atoms with Gasteiger partial charge in [0.15, 0.2) is 17.5 Å². The van der Waals surface area contributed by atoms with Crippen molar-refractivity contribution in [3.05, 3.63) is 182 Å². The summed E-state index contributed by atoms with van der Waals surface area (Å²) in [5.41, 5.74) is 8.93. The number of aromatic nitrogens is 3. The van der Waals surface area contributed by atoms with Crippen molar-refractivity contribution in [2.45, 2.75) is 0 Å². The molecule has 54 heavy (non-hydrogen) atoms. The number of thiophene rings is 1. The summed E-state index contributed by atoms with van der Waals surface area (Å²) in [4.78, 5) is 17.5. The lowest BCUT2D eigenvalue weighted by atomic mass is 9.91. The predicted molar refractivity (Wildman–Crippen MR) is 227 cm³/mol. The van der Waals surface area contributed by atoms with Gasteiger partial charge >= 0.3 is 0 Å². The van der Waals surface area contributed by atoms with E-state index in [1.807, 2.05) is 47.7 Å². The maximum atomic E-state index is 5.10. The van der Waals surface area contributed by atoms with Crippen LogP contribution >= 0.6 is 11.3 Å². The first-order valence-electron chi connectivity index (χ1n) is 18.1. The molecule has 10 aromatic rings. The van der Waals surface area contributed by atoms with Crippen molar-refractivity contribution in [1.29, 1.82) is 0 Å². The lowest BCUT2D eigenvalue weighted by Gasteiger charge is -2.27. The number of hydrogen-bond donors (Lipinski definition) is 0. The molecule has 0 unspecified atom stereocenters. The second-order valence-corrected chi connectivity index (χ2v) is 14.6. The summed E-state index contributed by atoms with van der Waals surface area (Å²) >= 11 is 1.88. The van der Waals surface area contributed by atoms with Crippen molar-refractivity contribution in [3.8, 4) is 45.3 Å². The molecule has 1 aliphatic heterocycles. The second kappa shape index (κ2) is 12.3. The quantitative estimate of drug-likeness (QED) is 0.179. The summed E-state index contributed by atoms with van der Waals surface area (Å²) in [5, 5.41) is 7.34. The fourth-order valence-electron chi connectivity index (χ4n) is 8.02. The third kappa shape index (κ3) is 4.86. The highest BCUT2D eigenvalue weighted by Gasteiger charge is 2.24. The zero-order valence-corrected chi connectivity index (χ0v) is 29.8. The third-order valence-corrected chi connectivity index (χ3v) is 11.6. The van der Waals surface area contributed by atoms with Crippen LogP contribution in [0.1, 0.15) is 5.56 Å². The average Bonchev–Trinajstić information content (AvgIpc) is 3.63. The van der Waals surface area contributed by atoms with Crippen molar-refractivity contribution in [2.75, 3.05) is 4.90 Å². The molecule has 0 amide bonds. The zero-order valence-electron chi connectivity index (χ0n) is 29.0. The summed E-state index contributed by atoms with van der Waals surface area (Å²) in [6.45, 7) is 0. The van der Waals surface area contributed by atoms with Crippen LogP contribution in [0.3, 0.4) is 0 Å². The highest BCUT2D eigenvalue weighted by Crippen LogP contribution is 2.51. The van der Waals surface area contributed by atoms with E-state index in [0.717, 1.165) is 33.2 Å². The molecule has 0 N–H and O–H groups in total. The largest absolute Gasteiger partial charge is 0.315 e. The first kappa shape index (κ1) is 30.7. The van der Waals surface area contributed by atoms with Gasteiger partial charge in [0, 0.05) is 49.4 Å². The SMILES string of the molecule is C1=CN(c2ccccc2)c2c3sc4cccc(-c5ccc(-c6nc(-c7ccccc7)nc(-c7ccccc7)n6)c6ccccc56)c4c3cc3cccc1c23. The van der Waals surface area contributed by atoms with Gasteiger partial charge in [0.25, 0.3) is 0 Å². The van der Waals surface area contributed by atoms with Gasteiger partial charge in [-0.15, -0.1) is 11.3 Å². The third-order valence-electron chi connectivity index (χ3n) is 10.5. The molecule has 4 nitrogen and oxygen atoms in total. The number of rotatable bonds is 5. The number of nitrogens with zero attached hydrogens (tertiary/aromatic N) is 4. The Morgan fingerprint density at radius 3 is 1.78 bits per heavy atom. The van der Waals surface area contributed by atoms with Gasteiger partial charge in [0.2, 0.25) is 0 Å². The molecule has 11 rings (SSSR count). The normalized spacial score (nSPS) is 12.3. The summed E-state index contributed by atoms with van der Waals surface area (Å²) in [6, 6.07) is 59.9. The number of hydrogen-bond acceptors (Lipinski definition) is 5. The van der Waals surface area contributed by atoms with Crippen LogP contribution in [0.4, 0.5) is 11.4 Å². The van der Waals surface area contributed by atoms with Crippen LogP contribution in [-0.4, -0.2) is 15.0 Å². The van der Waals surface area contributed by atoms with Gasteiger partial charge in [-0.1, -0.05) is 140 Å². The molecule has 0 fully saturated rings. The molecule has 0 saturated heterocycles. The molecular weight excluding hydrogens is 677 g/mol. The van der Waals surface area contributed by atoms with Crippen molar-refractivity contribution in [3.63, 3.8) is 0 Å². The van der Waals surface area contributed by atoms with Crippen LogP contribution < -0.4 is 4.90 Å². The molecule has 8 aromatic carbocycles. The van der Waals surface area contributed by atoms with Gasteiger partial charge in [-0.2, -0.15) is 0 Å². The predicted octanol–water partition coefficient (Wildman–Crippen LogP) is 13.3. The highest BCUT2D eigenvalue weighted by molar-refractivity contribution is 7.26. The van der Waals surface area contributed by atoms with Crippen LogP contribution in [0, 0.1) is 0 Å². The maximum absolute atomic E-state index is 5.10. The van der Waals surface area contributed by atoms with E-state index in [1.54, 1.807) is 0 Å². The summed E-state index contributed by atoms with van der Waals surface area (Å²) in [7, 11) is 0. The molecule has 3 heterocycles. The molecular formula is C49H30N4S. The van der Waals surface area contributed by atoms with Crippen molar-refractivity contribution in [1.82, 2.24) is 15.0 Å². The second-order valence-electron chi connectivity index (χ2n) is 13.6. The highest BCUT2D eigenvalue weighted by atomic mass is 32.1. The van der Waals surface area contributed by atoms with Crippen LogP contribution in [0.5, 0.6) is 0 Å². The van der Waals surface area contributed by atoms with E-state index in [1.165, 1.54) is 53.3 Å². The Morgan fingerprint density at radius 1 is 0.444 bits per heavy atom. The molecule has 0 bridgehead atoms. The monoisotopic (exact) mass is 706 g/mol. The van der Waals surface area contributed by atoms with Crippen molar-refractivity contribution < 1.29 is 0 Å². The van der Waals surface area contributed by atoms with Gasteiger partial charge in [0.05, 0.1) is 10.4 Å². The fraction of sp³-hybridized carbons (Fsp3) is 0. The number of fused-ring (bicyclic) bond motifs is 5. The molecule has 1 aliphatic rings. The van der Waals surface area contributed by atoms with E-state index in [2.05, 4.69) is 151 Å². The zero-order chi connectivity index (χ0) is 35.6. The minimum atomic E-state index is 0.653.